The minimum atomic E-state index is 0.735. The summed E-state index contributed by atoms with van der Waals surface area (Å²) < 4.78 is 0. The predicted molar refractivity (Wildman–Crippen MR) is 68.3 cm³/mol. The van der Waals surface area contributed by atoms with E-state index in [0.717, 1.165) is 23.8 Å². The van der Waals surface area contributed by atoms with Gasteiger partial charge in [-0.3, -0.25) is 0 Å². The fourth-order valence-electron chi connectivity index (χ4n) is 1.56. The summed E-state index contributed by atoms with van der Waals surface area (Å²) in [5.74, 6) is 0.735. The van der Waals surface area contributed by atoms with Gasteiger partial charge in [-0.05, 0) is 37.0 Å². The number of nitrogens with two attached hydrogens (primary N) is 1. The van der Waals surface area contributed by atoms with Crippen LogP contribution in [-0.2, 0) is 0 Å². The number of anilines is 2. The molecule has 15 heavy (non-hydrogen) atoms. The molecule has 0 aliphatic rings. The Morgan fingerprint density at radius 1 is 1.33 bits per heavy atom. The molecule has 2 heteroatoms. The minimum absolute atomic E-state index is 0.735. The molecule has 0 aromatic heterocycles. The van der Waals surface area contributed by atoms with Gasteiger partial charge in [0.25, 0.3) is 0 Å². The molecule has 0 saturated carbocycles. The fraction of sp³-hybridized carbons (Fsp3) is 0.538. The van der Waals surface area contributed by atoms with E-state index in [1.54, 1.807) is 0 Å². The molecule has 0 saturated heterocycles. The molecule has 1 aromatic carbocycles. The third kappa shape index (κ3) is 3.46. The molecule has 0 unspecified atom stereocenters. The number of nitrogen functional groups attached to an aromatic ring is 1. The molecule has 1 rings (SSSR count). The summed E-state index contributed by atoms with van der Waals surface area (Å²) in [5.41, 5.74) is 9.23. The molecule has 84 valence electrons. The summed E-state index contributed by atoms with van der Waals surface area (Å²) in [7, 11) is 2.10. The van der Waals surface area contributed by atoms with Crippen molar-refractivity contribution in [3.05, 3.63) is 23.8 Å². The van der Waals surface area contributed by atoms with Gasteiger partial charge >= 0.3 is 0 Å². The number of hydrogen-bond acceptors (Lipinski definition) is 2. The molecule has 1 aromatic rings. The topological polar surface area (TPSA) is 29.3 Å². The summed E-state index contributed by atoms with van der Waals surface area (Å²) >= 11 is 0. The summed E-state index contributed by atoms with van der Waals surface area (Å²) in [4.78, 5) is 2.24. The number of rotatable bonds is 4. The molecule has 2 N–H and O–H groups in total. The smallest absolute Gasteiger partial charge is 0.0599 e. The lowest BCUT2D eigenvalue weighted by atomic mass is 10.1. The van der Waals surface area contributed by atoms with E-state index in [-0.39, 0.29) is 0 Å². The van der Waals surface area contributed by atoms with E-state index in [0.29, 0.717) is 0 Å². The van der Waals surface area contributed by atoms with Gasteiger partial charge in [-0.1, -0.05) is 19.9 Å². The summed E-state index contributed by atoms with van der Waals surface area (Å²) in [6, 6.07) is 6.18. The Bertz CT molecular complexity index is 318. The van der Waals surface area contributed by atoms with Crippen LogP contribution in [0.3, 0.4) is 0 Å². The van der Waals surface area contributed by atoms with Gasteiger partial charge in [0.05, 0.1) is 11.4 Å². The first-order valence-corrected chi connectivity index (χ1v) is 5.58. The van der Waals surface area contributed by atoms with Crippen LogP contribution in [0.1, 0.15) is 25.8 Å². The van der Waals surface area contributed by atoms with Crippen LogP contribution < -0.4 is 10.6 Å². The van der Waals surface area contributed by atoms with Gasteiger partial charge in [0.1, 0.15) is 0 Å². The van der Waals surface area contributed by atoms with Crippen molar-refractivity contribution in [2.24, 2.45) is 5.92 Å². The van der Waals surface area contributed by atoms with E-state index in [1.807, 2.05) is 6.07 Å². The van der Waals surface area contributed by atoms with E-state index in [1.165, 1.54) is 12.0 Å². The Labute approximate surface area is 93.1 Å². The first-order chi connectivity index (χ1) is 7.00. The highest BCUT2D eigenvalue weighted by molar-refractivity contribution is 5.68. The first kappa shape index (κ1) is 11.9. The third-order valence-electron chi connectivity index (χ3n) is 2.64. The number of benzene rings is 1. The molecule has 0 atom stereocenters. The Morgan fingerprint density at radius 2 is 2.00 bits per heavy atom. The number of aryl methyl sites for hydroxylation is 1. The molecular weight excluding hydrogens is 184 g/mol. The first-order valence-electron chi connectivity index (χ1n) is 5.58. The Kier molecular flexibility index (Phi) is 4.01. The van der Waals surface area contributed by atoms with Gasteiger partial charge in [-0.15, -0.1) is 0 Å². The van der Waals surface area contributed by atoms with Crippen molar-refractivity contribution in [3.63, 3.8) is 0 Å². The fourth-order valence-corrected chi connectivity index (χ4v) is 1.56. The van der Waals surface area contributed by atoms with Gasteiger partial charge in [0.2, 0.25) is 0 Å². The van der Waals surface area contributed by atoms with Crippen LogP contribution in [0.2, 0.25) is 0 Å². The van der Waals surface area contributed by atoms with Crippen LogP contribution in [0.5, 0.6) is 0 Å². The molecule has 0 bridgehead atoms. The van der Waals surface area contributed by atoms with Crippen molar-refractivity contribution in [2.75, 3.05) is 24.2 Å². The lowest BCUT2D eigenvalue weighted by Crippen LogP contribution is -2.21. The van der Waals surface area contributed by atoms with E-state index in [2.05, 4.69) is 44.9 Å². The van der Waals surface area contributed by atoms with E-state index in [9.17, 15) is 0 Å². The van der Waals surface area contributed by atoms with Crippen molar-refractivity contribution in [3.8, 4) is 0 Å². The van der Waals surface area contributed by atoms with Crippen LogP contribution >= 0.6 is 0 Å². The summed E-state index contributed by atoms with van der Waals surface area (Å²) in [5, 5.41) is 0. The quantitative estimate of drug-likeness (QED) is 0.767. The van der Waals surface area contributed by atoms with Crippen LogP contribution in [-0.4, -0.2) is 13.6 Å². The van der Waals surface area contributed by atoms with Crippen LogP contribution in [0.4, 0.5) is 11.4 Å². The Morgan fingerprint density at radius 3 is 2.60 bits per heavy atom. The minimum Gasteiger partial charge on any atom is -0.397 e. The molecule has 0 heterocycles. The largest absolute Gasteiger partial charge is 0.397 e. The lowest BCUT2D eigenvalue weighted by Gasteiger charge is -2.22. The molecule has 0 aliphatic heterocycles. The van der Waals surface area contributed by atoms with Gasteiger partial charge in [-0.2, -0.15) is 0 Å². The molecule has 0 spiro atoms. The second-order valence-electron chi connectivity index (χ2n) is 4.67. The highest BCUT2D eigenvalue weighted by Gasteiger charge is 2.05. The Hall–Kier alpha value is -1.18. The molecule has 0 amide bonds. The van der Waals surface area contributed by atoms with Crippen LogP contribution in [0.25, 0.3) is 0 Å². The van der Waals surface area contributed by atoms with Crippen molar-refractivity contribution in [1.82, 2.24) is 0 Å². The van der Waals surface area contributed by atoms with Gasteiger partial charge in [0.15, 0.2) is 0 Å². The van der Waals surface area contributed by atoms with Crippen LogP contribution in [0, 0.1) is 12.8 Å². The zero-order chi connectivity index (χ0) is 11.4. The SMILES string of the molecule is Cc1ccc(N)c(N(C)CCC(C)C)c1. The molecule has 0 aliphatic carbocycles. The average Bonchev–Trinajstić information content (AvgIpc) is 2.18. The summed E-state index contributed by atoms with van der Waals surface area (Å²) in [6.45, 7) is 7.64. The van der Waals surface area contributed by atoms with E-state index in [4.69, 9.17) is 5.73 Å². The van der Waals surface area contributed by atoms with Crippen molar-refractivity contribution in [1.29, 1.82) is 0 Å². The van der Waals surface area contributed by atoms with Gasteiger partial charge < -0.3 is 10.6 Å². The second kappa shape index (κ2) is 5.06. The molecule has 2 nitrogen and oxygen atoms in total. The monoisotopic (exact) mass is 206 g/mol. The second-order valence-corrected chi connectivity index (χ2v) is 4.67. The van der Waals surface area contributed by atoms with E-state index >= 15 is 0 Å². The van der Waals surface area contributed by atoms with Gasteiger partial charge in [-0.25, -0.2) is 0 Å². The molecule has 0 radical (unpaired) electrons. The normalized spacial score (nSPS) is 10.7. The predicted octanol–water partition coefficient (Wildman–Crippen LogP) is 3.06. The van der Waals surface area contributed by atoms with Crippen LogP contribution in [0.15, 0.2) is 18.2 Å². The zero-order valence-corrected chi connectivity index (χ0v) is 10.2. The van der Waals surface area contributed by atoms with Gasteiger partial charge in [0, 0.05) is 13.6 Å². The highest BCUT2D eigenvalue weighted by Crippen LogP contribution is 2.23. The van der Waals surface area contributed by atoms with E-state index < -0.39 is 0 Å². The van der Waals surface area contributed by atoms with Crippen molar-refractivity contribution >= 4 is 11.4 Å². The summed E-state index contributed by atoms with van der Waals surface area (Å²) in [6.07, 6.45) is 1.20. The lowest BCUT2D eigenvalue weighted by molar-refractivity contribution is 0.585. The average molecular weight is 206 g/mol. The number of nitrogens with zero attached hydrogens (tertiary/aromatic N) is 1. The maximum atomic E-state index is 5.96. The third-order valence-corrected chi connectivity index (χ3v) is 2.64. The molecule has 0 fully saturated rings. The molecular formula is C13H22N2. The maximum Gasteiger partial charge on any atom is 0.0599 e. The van der Waals surface area contributed by atoms with Crippen molar-refractivity contribution < 1.29 is 0 Å². The zero-order valence-electron chi connectivity index (χ0n) is 10.2. The highest BCUT2D eigenvalue weighted by atomic mass is 15.1. The Balaban J connectivity index is 2.72. The maximum absolute atomic E-state index is 5.96. The standard InChI is InChI=1S/C13H22N2/c1-10(2)7-8-15(4)13-9-11(3)5-6-12(13)14/h5-6,9-10H,7-8,14H2,1-4H3. The van der Waals surface area contributed by atoms with Crippen molar-refractivity contribution in [2.45, 2.75) is 27.2 Å². The number of hydrogen-bond donors (Lipinski definition) is 1.